The Kier molecular flexibility index (Phi) is 4.83. The van der Waals surface area contributed by atoms with Gasteiger partial charge in [0.05, 0.1) is 11.5 Å². The van der Waals surface area contributed by atoms with Gasteiger partial charge in [0.25, 0.3) is 5.91 Å². The molecule has 0 atom stereocenters. The van der Waals surface area contributed by atoms with Gasteiger partial charge in [-0.05, 0) is 32.8 Å². The highest BCUT2D eigenvalue weighted by atomic mass is 16.6. The van der Waals surface area contributed by atoms with E-state index in [1.165, 1.54) is 17.0 Å². The van der Waals surface area contributed by atoms with Crippen LogP contribution in [0.4, 0.5) is 10.5 Å². The topological polar surface area (TPSA) is 102 Å². The van der Waals surface area contributed by atoms with Gasteiger partial charge >= 0.3 is 11.7 Å². The molecule has 0 aromatic heterocycles. The number of benzene rings is 1. The molecule has 1 aliphatic rings. The van der Waals surface area contributed by atoms with Gasteiger partial charge in [-0.25, -0.2) is 4.79 Å². The van der Waals surface area contributed by atoms with Gasteiger partial charge in [0.2, 0.25) is 0 Å². The van der Waals surface area contributed by atoms with Gasteiger partial charge in [-0.1, -0.05) is 12.1 Å². The lowest BCUT2D eigenvalue weighted by molar-refractivity contribution is -0.385. The molecule has 8 nitrogen and oxygen atoms in total. The number of nitro benzene ring substituents is 1. The second-order valence-corrected chi connectivity index (χ2v) is 5.79. The number of hydrogen-bond acceptors (Lipinski definition) is 5. The maximum Gasteiger partial charge on any atom is 0.325 e. The van der Waals surface area contributed by atoms with Crippen molar-refractivity contribution in [3.8, 4) is 5.75 Å². The minimum Gasteiger partial charge on any atom is -0.487 e. The van der Waals surface area contributed by atoms with Crippen LogP contribution in [0.15, 0.2) is 24.3 Å². The van der Waals surface area contributed by atoms with E-state index in [-0.39, 0.29) is 30.0 Å². The fourth-order valence-corrected chi connectivity index (χ4v) is 2.31. The molecular weight excluding hydrogens is 302 g/mol. The summed E-state index contributed by atoms with van der Waals surface area (Å²) >= 11 is 0. The van der Waals surface area contributed by atoms with Crippen LogP contribution in [-0.2, 0) is 4.79 Å². The fraction of sp³-hybridized carbons (Fsp3) is 0.467. The van der Waals surface area contributed by atoms with E-state index >= 15 is 0 Å². The first-order valence-electron chi connectivity index (χ1n) is 7.33. The molecule has 0 saturated carbocycles. The minimum absolute atomic E-state index is 0.0802. The number of carbonyl (C=O) groups is 2. The normalized spacial score (nSPS) is 16.3. The summed E-state index contributed by atoms with van der Waals surface area (Å²) in [6.07, 6.45) is 1.14. The molecule has 0 spiro atoms. The van der Waals surface area contributed by atoms with Crippen LogP contribution in [0.5, 0.6) is 5.75 Å². The first kappa shape index (κ1) is 16.7. The molecule has 0 radical (unpaired) electrons. The third-order valence-corrected chi connectivity index (χ3v) is 3.54. The summed E-state index contributed by atoms with van der Waals surface area (Å²) in [5, 5.41) is 13.5. The highest BCUT2D eigenvalue weighted by molar-refractivity contribution is 6.06. The highest BCUT2D eigenvalue weighted by Crippen LogP contribution is 2.26. The monoisotopic (exact) mass is 321 g/mol. The van der Waals surface area contributed by atoms with Crippen molar-refractivity contribution in [1.29, 1.82) is 0 Å². The van der Waals surface area contributed by atoms with Crippen molar-refractivity contribution in [3.63, 3.8) is 0 Å². The molecule has 1 aromatic rings. The predicted molar refractivity (Wildman–Crippen MR) is 82.1 cm³/mol. The molecule has 124 valence electrons. The second-order valence-electron chi connectivity index (χ2n) is 5.79. The number of urea groups is 1. The van der Waals surface area contributed by atoms with Crippen molar-refractivity contribution in [2.45, 2.75) is 32.2 Å². The molecule has 1 N–H and O–H groups in total. The summed E-state index contributed by atoms with van der Waals surface area (Å²) < 4.78 is 5.41. The third-order valence-electron chi connectivity index (χ3n) is 3.54. The van der Waals surface area contributed by atoms with Crippen molar-refractivity contribution in [1.82, 2.24) is 10.2 Å². The van der Waals surface area contributed by atoms with Gasteiger partial charge in [0, 0.05) is 12.6 Å². The van der Waals surface area contributed by atoms with E-state index in [4.69, 9.17) is 4.74 Å². The summed E-state index contributed by atoms with van der Waals surface area (Å²) in [7, 11) is 0. The molecule has 3 amide bonds. The predicted octanol–water partition coefficient (Wildman–Crippen LogP) is 2.08. The van der Waals surface area contributed by atoms with E-state index in [2.05, 4.69) is 5.32 Å². The quantitative estimate of drug-likeness (QED) is 0.358. The number of unbranched alkanes of at least 4 members (excludes halogenated alkanes) is 1. The van der Waals surface area contributed by atoms with E-state index in [0.29, 0.717) is 19.4 Å². The van der Waals surface area contributed by atoms with Gasteiger partial charge in [-0.3, -0.25) is 19.8 Å². The van der Waals surface area contributed by atoms with Crippen molar-refractivity contribution >= 4 is 17.6 Å². The molecule has 0 unspecified atom stereocenters. The Hall–Kier alpha value is -2.64. The van der Waals surface area contributed by atoms with Gasteiger partial charge in [-0.15, -0.1) is 0 Å². The van der Waals surface area contributed by atoms with Crippen molar-refractivity contribution in [2.24, 2.45) is 0 Å². The van der Waals surface area contributed by atoms with Crippen LogP contribution < -0.4 is 10.1 Å². The second kappa shape index (κ2) is 6.64. The number of nitrogens with one attached hydrogen (secondary N) is 1. The lowest BCUT2D eigenvalue weighted by Crippen LogP contribution is -2.40. The molecule has 8 heteroatoms. The third kappa shape index (κ3) is 3.77. The Labute approximate surface area is 133 Å². The maximum absolute atomic E-state index is 12.0. The number of imide groups is 1. The number of nitrogens with zero attached hydrogens (tertiary/aromatic N) is 2. The molecule has 1 heterocycles. The largest absolute Gasteiger partial charge is 0.487 e. The number of para-hydroxylation sites is 2. The lowest BCUT2D eigenvalue weighted by atomic mass is 10.1. The fourth-order valence-electron chi connectivity index (χ4n) is 2.31. The lowest BCUT2D eigenvalue weighted by Gasteiger charge is -2.15. The zero-order valence-electron chi connectivity index (χ0n) is 13.1. The summed E-state index contributed by atoms with van der Waals surface area (Å²) in [5.74, 6) is -0.0317. The van der Waals surface area contributed by atoms with Crippen molar-refractivity contribution < 1.29 is 19.2 Å². The number of amides is 3. The first-order valence-corrected chi connectivity index (χ1v) is 7.33. The van der Waals surface area contributed by atoms with Gasteiger partial charge in [-0.2, -0.15) is 0 Å². The molecule has 1 saturated heterocycles. The van der Waals surface area contributed by atoms with Crippen LogP contribution in [0.2, 0.25) is 0 Å². The Balaban J connectivity index is 1.78. The van der Waals surface area contributed by atoms with Gasteiger partial charge in [0.15, 0.2) is 5.75 Å². The maximum atomic E-state index is 12.0. The zero-order chi connectivity index (χ0) is 17.0. The summed E-state index contributed by atoms with van der Waals surface area (Å²) in [4.78, 5) is 35.2. The highest BCUT2D eigenvalue weighted by Gasteiger charge is 2.43. The zero-order valence-corrected chi connectivity index (χ0v) is 13.1. The molecule has 0 aliphatic carbocycles. The number of carbonyl (C=O) groups excluding carboxylic acids is 2. The summed E-state index contributed by atoms with van der Waals surface area (Å²) in [5.41, 5.74) is -0.943. The molecular formula is C15H19N3O5. The van der Waals surface area contributed by atoms with E-state index in [9.17, 15) is 19.7 Å². The average Bonchev–Trinajstić information content (AvgIpc) is 2.68. The van der Waals surface area contributed by atoms with Crippen LogP contribution in [0.1, 0.15) is 26.7 Å². The smallest absolute Gasteiger partial charge is 0.325 e. The number of rotatable bonds is 7. The minimum atomic E-state index is -0.863. The first-order chi connectivity index (χ1) is 10.8. The Morgan fingerprint density at radius 2 is 1.96 bits per heavy atom. The number of nitro groups is 1. The number of hydrogen-bond donors (Lipinski definition) is 1. The van der Waals surface area contributed by atoms with Crippen LogP contribution in [0.3, 0.4) is 0 Å². The number of ether oxygens (including phenoxy) is 1. The van der Waals surface area contributed by atoms with Gasteiger partial charge in [0.1, 0.15) is 5.54 Å². The average molecular weight is 321 g/mol. The SMILES string of the molecule is CC1(C)NC(=O)N(CCCCOc2ccccc2[N+](=O)[O-])C1=O. The molecule has 2 rings (SSSR count). The summed E-state index contributed by atoms with van der Waals surface area (Å²) in [6, 6.07) is 5.77. The molecule has 1 aromatic carbocycles. The molecule has 1 fully saturated rings. The van der Waals surface area contributed by atoms with Crippen LogP contribution in [0.25, 0.3) is 0 Å². The van der Waals surface area contributed by atoms with E-state index in [0.717, 1.165) is 0 Å². The van der Waals surface area contributed by atoms with Crippen LogP contribution in [-0.4, -0.2) is 40.5 Å². The van der Waals surface area contributed by atoms with E-state index in [1.807, 2.05) is 0 Å². The summed E-state index contributed by atoms with van der Waals surface area (Å²) in [6.45, 7) is 3.89. The van der Waals surface area contributed by atoms with E-state index in [1.54, 1.807) is 26.0 Å². The van der Waals surface area contributed by atoms with Crippen LogP contribution in [0, 0.1) is 10.1 Å². The van der Waals surface area contributed by atoms with Crippen molar-refractivity contribution in [3.05, 3.63) is 34.4 Å². The van der Waals surface area contributed by atoms with Gasteiger partial charge < -0.3 is 10.1 Å². The Bertz CT molecular complexity index is 629. The molecule has 23 heavy (non-hydrogen) atoms. The Morgan fingerprint density at radius 1 is 1.26 bits per heavy atom. The van der Waals surface area contributed by atoms with Crippen LogP contribution >= 0.6 is 0 Å². The molecule has 1 aliphatic heterocycles. The standard InChI is InChI=1S/C15H19N3O5/c1-15(2)13(19)17(14(20)16-15)9-5-6-10-23-12-8-4-3-7-11(12)18(21)22/h3-4,7-8H,5-6,9-10H2,1-2H3,(H,16,20). The van der Waals surface area contributed by atoms with E-state index < -0.39 is 10.5 Å². The Morgan fingerprint density at radius 3 is 2.57 bits per heavy atom. The van der Waals surface area contributed by atoms with Crippen molar-refractivity contribution in [2.75, 3.05) is 13.2 Å². The molecule has 0 bridgehead atoms.